The molecule has 0 radical (unpaired) electrons. The summed E-state index contributed by atoms with van der Waals surface area (Å²) in [6, 6.07) is 0.391. The zero-order valence-electron chi connectivity index (χ0n) is 32.1. The summed E-state index contributed by atoms with van der Waals surface area (Å²) in [5, 5.41) is 44.3. The first kappa shape index (κ1) is 41.2. The minimum absolute atomic E-state index is 0. The van der Waals surface area contributed by atoms with Crippen molar-refractivity contribution in [3.8, 4) is 0 Å². The average Bonchev–Trinajstić information content (AvgIpc) is 3.59. The zero-order valence-corrected chi connectivity index (χ0v) is 33.7. The Labute approximate surface area is 316 Å². The van der Waals surface area contributed by atoms with Crippen molar-refractivity contribution >= 4 is 24.8 Å². The molecule has 8 heteroatoms. The third kappa shape index (κ3) is 5.93. The highest BCUT2D eigenvalue weighted by atomic mass is 35.5. The van der Waals surface area contributed by atoms with E-state index in [-0.39, 0.29) is 70.9 Å². The molecule has 6 nitrogen and oxygen atoms in total. The SMILES string of the molecule is C/C=C1/CCC2C3C(CC[C@]12C)[C@@]1(C)CC[C@H](N)CC1[C@@H](O)[C@@H]3O.CC[C@H]1CCC2C3C(CC[C@@]21C)[C@@]1(C)CC[C@H](N)CC1[C@@H](O)[C@@H]3O.Cl.Cl. The van der Waals surface area contributed by atoms with Crippen LogP contribution in [-0.2, 0) is 0 Å². The lowest BCUT2D eigenvalue weighted by molar-refractivity contribution is -0.215. The van der Waals surface area contributed by atoms with E-state index in [0.717, 1.165) is 44.4 Å². The Morgan fingerprint density at radius 2 is 1.04 bits per heavy atom. The van der Waals surface area contributed by atoms with Crippen LogP contribution in [0.1, 0.15) is 138 Å². The van der Waals surface area contributed by atoms with Crippen molar-refractivity contribution in [1.82, 2.24) is 0 Å². The summed E-state index contributed by atoms with van der Waals surface area (Å²) in [7, 11) is 0. The number of aliphatic hydroxyl groups excluding tert-OH is 4. The topological polar surface area (TPSA) is 133 Å². The van der Waals surface area contributed by atoms with Gasteiger partial charge in [0, 0.05) is 12.1 Å². The van der Waals surface area contributed by atoms with Gasteiger partial charge in [-0.15, -0.1) is 24.8 Å². The van der Waals surface area contributed by atoms with E-state index < -0.39 is 24.4 Å². The first-order chi connectivity index (χ1) is 22.7. The normalized spacial score (nSPS) is 57.2. The minimum atomic E-state index is -0.598. The molecule has 50 heavy (non-hydrogen) atoms. The van der Waals surface area contributed by atoms with Crippen LogP contribution in [0.5, 0.6) is 0 Å². The van der Waals surface area contributed by atoms with Crippen LogP contribution in [0.25, 0.3) is 0 Å². The smallest absolute Gasteiger partial charge is 0.0836 e. The predicted molar refractivity (Wildman–Crippen MR) is 207 cm³/mol. The lowest BCUT2D eigenvalue weighted by atomic mass is 9.43. The highest BCUT2D eigenvalue weighted by molar-refractivity contribution is 5.85. The fourth-order valence-electron chi connectivity index (χ4n) is 15.7. The molecule has 8 saturated carbocycles. The molecule has 0 bridgehead atoms. The minimum Gasteiger partial charge on any atom is -0.390 e. The summed E-state index contributed by atoms with van der Waals surface area (Å²) in [6.07, 6.45) is 17.4. The van der Waals surface area contributed by atoms with Crippen molar-refractivity contribution in [3.05, 3.63) is 11.6 Å². The molecule has 0 spiro atoms. The molecular formula is C42H74Cl2N2O4. The van der Waals surface area contributed by atoms with Crippen LogP contribution in [0.4, 0.5) is 0 Å². The molecule has 0 heterocycles. The quantitative estimate of drug-likeness (QED) is 0.155. The monoisotopic (exact) mass is 741 g/mol. The highest BCUT2D eigenvalue weighted by Crippen LogP contribution is 2.69. The van der Waals surface area contributed by atoms with Gasteiger partial charge in [0.15, 0.2) is 0 Å². The Balaban J connectivity index is 0.000000187. The molecule has 0 aromatic heterocycles. The molecule has 0 aromatic rings. The van der Waals surface area contributed by atoms with Gasteiger partial charge in [-0.25, -0.2) is 0 Å². The van der Waals surface area contributed by atoms with E-state index in [1.54, 1.807) is 5.57 Å². The van der Waals surface area contributed by atoms with E-state index >= 15 is 0 Å². The van der Waals surface area contributed by atoms with E-state index in [1.807, 2.05) is 0 Å². The van der Waals surface area contributed by atoms with Crippen molar-refractivity contribution in [3.63, 3.8) is 0 Å². The molecule has 0 aromatic carbocycles. The summed E-state index contributed by atoms with van der Waals surface area (Å²) in [4.78, 5) is 0. The molecule has 8 aliphatic carbocycles. The maximum absolute atomic E-state index is 11.1. The van der Waals surface area contributed by atoms with Crippen molar-refractivity contribution in [2.75, 3.05) is 0 Å². The number of allylic oxidation sites excluding steroid dienone is 2. The molecular weight excluding hydrogens is 667 g/mol. The van der Waals surface area contributed by atoms with Gasteiger partial charge < -0.3 is 31.9 Å². The molecule has 19 atom stereocenters. The van der Waals surface area contributed by atoms with Crippen LogP contribution in [0.3, 0.4) is 0 Å². The van der Waals surface area contributed by atoms with Crippen molar-refractivity contribution < 1.29 is 20.4 Å². The molecule has 8 rings (SSSR count). The predicted octanol–water partition coefficient (Wildman–Crippen LogP) is 7.41. The second-order valence-corrected chi connectivity index (χ2v) is 19.9. The molecule has 8 aliphatic rings. The average molecular weight is 742 g/mol. The number of halogens is 2. The number of rotatable bonds is 1. The van der Waals surface area contributed by atoms with E-state index in [9.17, 15) is 20.4 Å². The van der Waals surface area contributed by atoms with E-state index in [1.165, 1.54) is 57.8 Å². The van der Waals surface area contributed by atoms with Crippen LogP contribution in [0.15, 0.2) is 11.6 Å². The molecule has 0 amide bonds. The Morgan fingerprint density at radius 1 is 0.580 bits per heavy atom. The molecule has 0 aliphatic heterocycles. The summed E-state index contributed by atoms with van der Waals surface area (Å²) in [5.74, 6) is 3.95. The maximum Gasteiger partial charge on any atom is 0.0836 e. The van der Waals surface area contributed by atoms with Crippen LogP contribution in [-0.4, -0.2) is 56.9 Å². The third-order valence-corrected chi connectivity index (χ3v) is 18.5. The molecule has 8 fully saturated rings. The van der Waals surface area contributed by atoms with Gasteiger partial charge >= 0.3 is 0 Å². The summed E-state index contributed by atoms with van der Waals surface area (Å²) >= 11 is 0. The number of fused-ring (bicyclic) bond motifs is 10. The van der Waals surface area contributed by atoms with Gasteiger partial charge in [0.2, 0.25) is 0 Å². The number of nitrogens with two attached hydrogens (primary N) is 2. The largest absolute Gasteiger partial charge is 0.390 e. The van der Waals surface area contributed by atoms with Gasteiger partial charge in [0.25, 0.3) is 0 Å². The van der Waals surface area contributed by atoms with E-state index in [0.29, 0.717) is 35.0 Å². The van der Waals surface area contributed by atoms with Gasteiger partial charge in [-0.2, -0.15) is 0 Å². The summed E-state index contributed by atoms with van der Waals surface area (Å²) in [5.41, 5.74) is 15.0. The molecule has 0 saturated heterocycles. The van der Waals surface area contributed by atoms with Crippen molar-refractivity contribution in [2.45, 2.75) is 174 Å². The Hall–Kier alpha value is 0.0800. The lowest BCUT2D eigenvalue weighted by Gasteiger charge is -2.63. The van der Waals surface area contributed by atoms with Gasteiger partial charge in [0.05, 0.1) is 24.4 Å². The number of hydrogen-bond acceptors (Lipinski definition) is 6. The fourth-order valence-corrected chi connectivity index (χ4v) is 15.7. The van der Waals surface area contributed by atoms with E-state index in [2.05, 4.69) is 47.6 Å². The maximum atomic E-state index is 11.1. The first-order valence-corrected chi connectivity index (χ1v) is 20.5. The second kappa shape index (κ2) is 14.6. The standard InChI is InChI=1S/C21H37NO2.C21H35NO2.2ClH/c2*1-4-12-5-6-14-17-15(8-10-20(12,14)2)21(3)9-7-13(22)11-16(21)18(23)19(17)24;;/h12-19,23-24H,4-11,22H2,1-3H3;4,13-19,23-24H,5-11,22H2,1-3H3;2*1H/b;12-4-;;/t12-,13-,14?,15?,16?,17?,18+,19+,20+,21+;13-,14?,15?,16?,17?,18+,19+,20+,21+;;/m00../s1. The Kier molecular flexibility index (Phi) is 12.1. The first-order valence-electron chi connectivity index (χ1n) is 20.5. The molecule has 8 N–H and O–H groups in total. The van der Waals surface area contributed by atoms with Crippen LogP contribution < -0.4 is 11.5 Å². The van der Waals surface area contributed by atoms with Crippen LogP contribution in [0.2, 0.25) is 0 Å². The van der Waals surface area contributed by atoms with Crippen molar-refractivity contribution in [1.29, 1.82) is 0 Å². The third-order valence-electron chi connectivity index (χ3n) is 18.5. The van der Waals surface area contributed by atoms with Gasteiger partial charge in [-0.1, -0.05) is 52.7 Å². The van der Waals surface area contributed by atoms with Crippen LogP contribution >= 0.6 is 24.8 Å². The van der Waals surface area contributed by atoms with Crippen molar-refractivity contribution in [2.24, 2.45) is 86.4 Å². The van der Waals surface area contributed by atoms with E-state index in [4.69, 9.17) is 11.5 Å². The molecule has 8 unspecified atom stereocenters. The van der Waals surface area contributed by atoms with Gasteiger partial charge in [-0.05, 0) is 172 Å². The summed E-state index contributed by atoms with van der Waals surface area (Å²) < 4.78 is 0. The lowest BCUT2D eigenvalue weighted by Crippen LogP contribution is -2.64. The Morgan fingerprint density at radius 3 is 1.54 bits per heavy atom. The van der Waals surface area contributed by atoms with Gasteiger partial charge in [0.1, 0.15) is 0 Å². The number of hydrogen-bond donors (Lipinski definition) is 6. The highest BCUT2D eigenvalue weighted by Gasteiger charge is 2.66. The second-order valence-electron chi connectivity index (χ2n) is 19.9. The van der Waals surface area contributed by atoms with Gasteiger partial charge in [-0.3, -0.25) is 0 Å². The Bertz CT molecular complexity index is 1240. The number of aliphatic hydroxyl groups is 4. The fraction of sp³-hybridized carbons (Fsp3) is 0.952. The van der Waals surface area contributed by atoms with Crippen LogP contribution in [0, 0.1) is 74.9 Å². The summed E-state index contributed by atoms with van der Waals surface area (Å²) in [6.45, 7) is 14.2. The molecule has 290 valence electrons. The zero-order chi connectivity index (χ0) is 34.6.